The summed E-state index contributed by atoms with van der Waals surface area (Å²) in [7, 11) is 0. The van der Waals surface area contributed by atoms with E-state index in [0.29, 0.717) is 12.3 Å². The van der Waals surface area contributed by atoms with Gasteiger partial charge >= 0.3 is 0 Å². The largest absolute Gasteiger partial charge is 0.339 e. The van der Waals surface area contributed by atoms with Gasteiger partial charge in [-0.25, -0.2) is 4.39 Å². The van der Waals surface area contributed by atoms with Crippen molar-refractivity contribution in [3.63, 3.8) is 0 Å². The van der Waals surface area contributed by atoms with Crippen LogP contribution in [-0.2, 0) is 11.2 Å². The minimum Gasteiger partial charge on any atom is -0.339 e. The Morgan fingerprint density at radius 3 is 2.57 bits per heavy atom. The molecule has 1 heterocycles. The molecule has 1 saturated heterocycles. The van der Waals surface area contributed by atoms with Gasteiger partial charge in [-0.05, 0) is 55.7 Å². The van der Waals surface area contributed by atoms with E-state index < -0.39 is 0 Å². The highest BCUT2D eigenvalue weighted by Gasteiger charge is 2.32. The number of nitrogens with zero attached hydrogens (tertiary/aromatic N) is 1. The lowest BCUT2D eigenvalue weighted by Crippen LogP contribution is -2.39. The zero-order valence-electron chi connectivity index (χ0n) is 13.4. The van der Waals surface area contributed by atoms with E-state index in [-0.39, 0.29) is 36.2 Å². The maximum Gasteiger partial charge on any atom is 0.223 e. The SMILES string of the molecule is Cl.N[C@@H]1CCC[C@H]1CC(=O)N1CCCC1Cc1ccc(F)cc1. The summed E-state index contributed by atoms with van der Waals surface area (Å²) in [6.07, 6.45) is 6.82. The van der Waals surface area contributed by atoms with Crippen molar-refractivity contribution in [2.75, 3.05) is 6.54 Å². The second-order valence-electron chi connectivity index (χ2n) is 6.77. The summed E-state index contributed by atoms with van der Waals surface area (Å²) in [6.45, 7) is 0.854. The van der Waals surface area contributed by atoms with Gasteiger partial charge in [0.05, 0.1) is 0 Å². The topological polar surface area (TPSA) is 46.3 Å². The van der Waals surface area contributed by atoms with E-state index >= 15 is 0 Å². The first-order valence-electron chi connectivity index (χ1n) is 8.43. The van der Waals surface area contributed by atoms with Crippen LogP contribution in [-0.4, -0.2) is 29.4 Å². The fourth-order valence-corrected chi connectivity index (χ4v) is 3.93. The summed E-state index contributed by atoms with van der Waals surface area (Å²) in [4.78, 5) is 14.6. The molecule has 3 rings (SSSR count). The molecule has 0 bridgehead atoms. The molecule has 2 N–H and O–H groups in total. The van der Waals surface area contributed by atoms with Crippen molar-refractivity contribution in [2.45, 2.75) is 57.0 Å². The number of hydrogen-bond donors (Lipinski definition) is 1. The molecule has 5 heteroatoms. The van der Waals surface area contributed by atoms with Crippen LogP contribution in [0.15, 0.2) is 24.3 Å². The number of halogens is 2. The number of rotatable bonds is 4. The van der Waals surface area contributed by atoms with E-state index in [1.807, 2.05) is 17.0 Å². The number of carbonyl (C=O) groups is 1. The Labute approximate surface area is 143 Å². The molecule has 1 unspecified atom stereocenters. The first-order valence-corrected chi connectivity index (χ1v) is 8.43. The van der Waals surface area contributed by atoms with Crippen molar-refractivity contribution < 1.29 is 9.18 Å². The number of benzene rings is 1. The predicted molar refractivity (Wildman–Crippen MR) is 92.0 cm³/mol. The van der Waals surface area contributed by atoms with Crippen LogP contribution in [0.25, 0.3) is 0 Å². The third-order valence-electron chi connectivity index (χ3n) is 5.24. The molecule has 2 aliphatic rings. The van der Waals surface area contributed by atoms with Gasteiger partial charge in [0, 0.05) is 25.0 Å². The van der Waals surface area contributed by atoms with Crippen molar-refractivity contribution in [1.82, 2.24) is 4.90 Å². The fraction of sp³-hybridized carbons (Fsp3) is 0.611. The van der Waals surface area contributed by atoms with E-state index in [0.717, 1.165) is 50.6 Å². The molecule has 0 aromatic heterocycles. The molecule has 3 atom stereocenters. The van der Waals surface area contributed by atoms with E-state index in [1.165, 1.54) is 12.1 Å². The number of amides is 1. The molecular weight excluding hydrogens is 315 g/mol. The molecule has 128 valence electrons. The highest BCUT2D eigenvalue weighted by atomic mass is 35.5. The van der Waals surface area contributed by atoms with E-state index in [2.05, 4.69) is 0 Å². The highest BCUT2D eigenvalue weighted by Crippen LogP contribution is 2.29. The molecule has 0 radical (unpaired) electrons. The van der Waals surface area contributed by atoms with Crippen LogP contribution in [0.5, 0.6) is 0 Å². The second-order valence-corrected chi connectivity index (χ2v) is 6.77. The lowest BCUT2D eigenvalue weighted by molar-refractivity contribution is -0.133. The third kappa shape index (κ3) is 4.45. The summed E-state index contributed by atoms with van der Waals surface area (Å²) >= 11 is 0. The van der Waals surface area contributed by atoms with E-state index in [1.54, 1.807) is 0 Å². The minimum atomic E-state index is -0.210. The molecule has 1 aliphatic carbocycles. The molecule has 1 amide bonds. The van der Waals surface area contributed by atoms with Gasteiger partial charge in [0.25, 0.3) is 0 Å². The summed E-state index contributed by atoms with van der Waals surface area (Å²) in [5.74, 6) is 0.407. The van der Waals surface area contributed by atoms with E-state index in [4.69, 9.17) is 5.73 Å². The first kappa shape index (κ1) is 18.2. The maximum atomic E-state index is 13.0. The Bertz CT molecular complexity index is 522. The summed E-state index contributed by atoms with van der Waals surface area (Å²) in [5, 5.41) is 0. The normalized spacial score (nSPS) is 27.0. The third-order valence-corrected chi connectivity index (χ3v) is 5.24. The van der Waals surface area contributed by atoms with Crippen LogP contribution in [0.2, 0.25) is 0 Å². The van der Waals surface area contributed by atoms with Crippen molar-refractivity contribution in [3.05, 3.63) is 35.6 Å². The van der Waals surface area contributed by atoms with Crippen molar-refractivity contribution >= 4 is 18.3 Å². The second kappa shape index (κ2) is 8.11. The molecule has 1 aromatic carbocycles. The average Bonchev–Trinajstić information content (AvgIpc) is 3.11. The summed E-state index contributed by atoms with van der Waals surface area (Å²) in [6, 6.07) is 7.09. The highest BCUT2D eigenvalue weighted by molar-refractivity contribution is 5.85. The van der Waals surface area contributed by atoms with Crippen LogP contribution in [0.4, 0.5) is 4.39 Å². The van der Waals surface area contributed by atoms with Crippen molar-refractivity contribution in [1.29, 1.82) is 0 Å². The van der Waals surface area contributed by atoms with Crippen LogP contribution in [0, 0.1) is 11.7 Å². The first-order chi connectivity index (χ1) is 10.6. The Balaban J connectivity index is 0.00000192. The van der Waals surface area contributed by atoms with E-state index in [9.17, 15) is 9.18 Å². The summed E-state index contributed by atoms with van der Waals surface area (Å²) in [5.41, 5.74) is 7.19. The molecule has 1 aromatic rings. The van der Waals surface area contributed by atoms with Gasteiger partial charge in [0.15, 0.2) is 0 Å². The average molecular weight is 341 g/mol. The molecule has 1 aliphatic heterocycles. The number of likely N-dealkylation sites (tertiary alicyclic amines) is 1. The van der Waals surface area contributed by atoms with Crippen LogP contribution in [0.1, 0.15) is 44.1 Å². The zero-order chi connectivity index (χ0) is 15.5. The van der Waals surface area contributed by atoms with Gasteiger partial charge in [-0.2, -0.15) is 0 Å². The number of hydrogen-bond acceptors (Lipinski definition) is 2. The molecule has 2 fully saturated rings. The maximum absolute atomic E-state index is 13.0. The number of carbonyl (C=O) groups excluding carboxylic acids is 1. The Morgan fingerprint density at radius 2 is 1.91 bits per heavy atom. The van der Waals surface area contributed by atoms with Gasteiger partial charge in [-0.3, -0.25) is 4.79 Å². The molecule has 0 spiro atoms. The lowest BCUT2D eigenvalue weighted by Gasteiger charge is -2.27. The van der Waals surface area contributed by atoms with Gasteiger partial charge in [-0.1, -0.05) is 18.6 Å². The van der Waals surface area contributed by atoms with Gasteiger partial charge < -0.3 is 10.6 Å². The smallest absolute Gasteiger partial charge is 0.223 e. The fourth-order valence-electron chi connectivity index (χ4n) is 3.93. The Kier molecular flexibility index (Phi) is 6.42. The van der Waals surface area contributed by atoms with Crippen LogP contribution >= 0.6 is 12.4 Å². The van der Waals surface area contributed by atoms with Crippen LogP contribution in [0.3, 0.4) is 0 Å². The zero-order valence-corrected chi connectivity index (χ0v) is 14.2. The molecule has 1 saturated carbocycles. The summed E-state index contributed by atoms with van der Waals surface area (Å²) < 4.78 is 13.0. The van der Waals surface area contributed by atoms with Gasteiger partial charge in [-0.15, -0.1) is 12.4 Å². The van der Waals surface area contributed by atoms with Gasteiger partial charge in [0.2, 0.25) is 5.91 Å². The monoisotopic (exact) mass is 340 g/mol. The van der Waals surface area contributed by atoms with Crippen molar-refractivity contribution in [3.8, 4) is 0 Å². The predicted octanol–water partition coefficient (Wildman–Crippen LogP) is 3.30. The Morgan fingerprint density at radius 1 is 1.17 bits per heavy atom. The standard InChI is InChI=1S/C18H25FN2O.ClH/c19-15-8-6-13(7-9-15)11-16-4-2-10-21(16)18(22)12-14-3-1-5-17(14)20;/h6-9,14,16-17H,1-5,10-12,20H2;1H/t14-,16?,17+;/m0./s1. The lowest BCUT2D eigenvalue weighted by atomic mass is 9.98. The molecule has 3 nitrogen and oxygen atoms in total. The molecule has 23 heavy (non-hydrogen) atoms. The molecular formula is C18H26ClFN2O. The van der Waals surface area contributed by atoms with Crippen molar-refractivity contribution in [2.24, 2.45) is 11.7 Å². The minimum absolute atomic E-state index is 0. The number of nitrogens with two attached hydrogens (primary N) is 1. The van der Waals surface area contributed by atoms with Crippen LogP contribution < -0.4 is 5.73 Å². The Hall–Kier alpha value is -1.13. The quantitative estimate of drug-likeness (QED) is 0.914. The van der Waals surface area contributed by atoms with Gasteiger partial charge in [0.1, 0.15) is 5.82 Å².